The van der Waals surface area contributed by atoms with E-state index < -0.39 is 0 Å². The van der Waals surface area contributed by atoms with Crippen LogP contribution in [0.1, 0.15) is 44.7 Å². The summed E-state index contributed by atoms with van der Waals surface area (Å²) in [7, 11) is 0. The fourth-order valence-electron chi connectivity index (χ4n) is 2.68. The molecule has 0 bridgehead atoms. The van der Waals surface area contributed by atoms with Crippen molar-refractivity contribution in [3.05, 3.63) is 29.8 Å². The number of likely N-dealkylation sites (tertiary alicyclic amines) is 1. The van der Waals surface area contributed by atoms with E-state index in [4.69, 9.17) is 4.74 Å². The molecule has 1 fully saturated rings. The molecule has 1 aromatic rings. The molecule has 1 unspecified atom stereocenters. The van der Waals surface area contributed by atoms with Gasteiger partial charge >= 0.3 is 0 Å². The van der Waals surface area contributed by atoms with E-state index in [1.165, 1.54) is 12.0 Å². The van der Waals surface area contributed by atoms with Crippen molar-refractivity contribution in [3.63, 3.8) is 0 Å². The standard InChI is InChI=1S/C17H26N2O2/c1-3-18-14(2)15-8-7-9-16(12-15)21-13-17(20)19-10-5-4-6-11-19/h7-9,12,14,18H,3-6,10-11,13H2,1-2H3. The van der Waals surface area contributed by atoms with Gasteiger partial charge in [0, 0.05) is 19.1 Å². The van der Waals surface area contributed by atoms with Crippen molar-refractivity contribution < 1.29 is 9.53 Å². The van der Waals surface area contributed by atoms with Crippen molar-refractivity contribution in [2.24, 2.45) is 0 Å². The average molecular weight is 290 g/mol. The first-order valence-corrected chi connectivity index (χ1v) is 7.94. The fourth-order valence-corrected chi connectivity index (χ4v) is 2.68. The van der Waals surface area contributed by atoms with Crippen LogP contribution in [0.5, 0.6) is 5.75 Å². The molecule has 1 amide bonds. The van der Waals surface area contributed by atoms with Crippen LogP contribution >= 0.6 is 0 Å². The van der Waals surface area contributed by atoms with Gasteiger partial charge in [0.05, 0.1) is 0 Å². The number of carbonyl (C=O) groups excluding carboxylic acids is 1. The Kier molecular flexibility index (Phi) is 6.05. The van der Waals surface area contributed by atoms with Crippen molar-refractivity contribution in [2.75, 3.05) is 26.2 Å². The van der Waals surface area contributed by atoms with Gasteiger partial charge in [-0.1, -0.05) is 19.1 Å². The van der Waals surface area contributed by atoms with Gasteiger partial charge in [-0.3, -0.25) is 4.79 Å². The Morgan fingerprint density at radius 2 is 2.10 bits per heavy atom. The highest BCUT2D eigenvalue weighted by atomic mass is 16.5. The van der Waals surface area contributed by atoms with Gasteiger partial charge < -0.3 is 15.0 Å². The molecule has 4 nitrogen and oxygen atoms in total. The molecule has 1 atom stereocenters. The summed E-state index contributed by atoms with van der Waals surface area (Å²) in [6.45, 7) is 7.04. The van der Waals surface area contributed by atoms with Gasteiger partial charge in [-0.25, -0.2) is 0 Å². The van der Waals surface area contributed by atoms with E-state index in [0.29, 0.717) is 0 Å². The summed E-state index contributed by atoms with van der Waals surface area (Å²) in [4.78, 5) is 14.0. The summed E-state index contributed by atoms with van der Waals surface area (Å²) >= 11 is 0. The number of ether oxygens (including phenoxy) is 1. The van der Waals surface area contributed by atoms with Crippen molar-refractivity contribution >= 4 is 5.91 Å². The zero-order chi connectivity index (χ0) is 15.1. The second-order valence-electron chi connectivity index (χ2n) is 5.58. The second-order valence-corrected chi connectivity index (χ2v) is 5.58. The van der Waals surface area contributed by atoms with Crippen LogP contribution in [-0.4, -0.2) is 37.0 Å². The first-order valence-electron chi connectivity index (χ1n) is 7.94. The highest BCUT2D eigenvalue weighted by Crippen LogP contribution is 2.19. The minimum absolute atomic E-state index is 0.0971. The second kappa shape index (κ2) is 8.03. The number of nitrogens with one attached hydrogen (secondary N) is 1. The quantitative estimate of drug-likeness (QED) is 0.876. The summed E-state index contributed by atoms with van der Waals surface area (Å²) in [6.07, 6.45) is 3.46. The SMILES string of the molecule is CCNC(C)c1cccc(OCC(=O)N2CCCCC2)c1. The van der Waals surface area contributed by atoms with Gasteiger partial charge in [0.2, 0.25) is 0 Å². The van der Waals surface area contributed by atoms with Crippen LogP contribution in [0.15, 0.2) is 24.3 Å². The summed E-state index contributed by atoms with van der Waals surface area (Å²) in [5.41, 5.74) is 1.18. The van der Waals surface area contributed by atoms with E-state index in [2.05, 4.69) is 25.2 Å². The molecule has 1 saturated heterocycles. The number of hydrogen-bond donors (Lipinski definition) is 1. The van der Waals surface area contributed by atoms with Crippen LogP contribution in [-0.2, 0) is 4.79 Å². The lowest BCUT2D eigenvalue weighted by Gasteiger charge is -2.26. The molecule has 2 rings (SSSR count). The maximum absolute atomic E-state index is 12.1. The minimum Gasteiger partial charge on any atom is -0.484 e. The van der Waals surface area contributed by atoms with Crippen LogP contribution in [0.25, 0.3) is 0 Å². The molecule has 0 spiro atoms. The predicted octanol–water partition coefficient (Wildman–Crippen LogP) is 2.75. The third-order valence-electron chi connectivity index (χ3n) is 3.94. The highest BCUT2D eigenvalue weighted by molar-refractivity contribution is 5.77. The molecule has 1 heterocycles. The number of piperidine rings is 1. The topological polar surface area (TPSA) is 41.6 Å². The molecule has 21 heavy (non-hydrogen) atoms. The van der Waals surface area contributed by atoms with Crippen LogP contribution in [0, 0.1) is 0 Å². The van der Waals surface area contributed by atoms with Crippen molar-refractivity contribution in [1.29, 1.82) is 0 Å². The van der Waals surface area contributed by atoms with Crippen molar-refractivity contribution in [2.45, 2.75) is 39.2 Å². The third-order valence-corrected chi connectivity index (χ3v) is 3.94. The monoisotopic (exact) mass is 290 g/mol. The van der Waals surface area contributed by atoms with E-state index in [0.717, 1.165) is 38.2 Å². The molecule has 116 valence electrons. The van der Waals surface area contributed by atoms with E-state index in [-0.39, 0.29) is 18.6 Å². The van der Waals surface area contributed by atoms with Gasteiger partial charge in [-0.2, -0.15) is 0 Å². The normalized spacial score (nSPS) is 16.6. The molecule has 1 aromatic carbocycles. The lowest BCUT2D eigenvalue weighted by molar-refractivity contribution is -0.134. The Morgan fingerprint density at radius 1 is 1.33 bits per heavy atom. The molecule has 1 aliphatic heterocycles. The van der Waals surface area contributed by atoms with Crippen LogP contribution < -0.4 is 10.1 Å². The van der Waals surface area contributed by atoms with Gasteiger partial charge in [0.15, 0.2) is 6.61 Å². The fraction of sp³-hybridized carbons (Fsp3) is 0.588. The van der Waals surface area contributed by atoms with Crippen LogP contribution in [0.3, 0.4) is 0 Å². The van der Waals surface area contributed by atoms with Crippen molar-refractivity contribution in [1.82, 2.24) is 10.2 Å². The maximum Gasteiger partial charge on any atom is 0.260 e. The number of benzene rings is 1. The highest BCUT2D eigenvalue weighted by Gasteiger charge is 2.16. The molecule has 0 aliphatic carbocycles. The van der Waals surface area contributed by atoms with Gasteiger partial charge in [-0.15, -0.1) is 0 Å². The van der Waals surface area contributed by atoms with Crippen molar-refractivity contribution in [3.8, 4) is 5.75 Å². The number of nitrogens with zero attached hydrogens (tertiary/aromatic N) is 1. The molecule has 0 aromatic heterocycles. The summed E-state index contributed by atoms with van der Waals surface area (Å²) in [5.74, 6) is 0.863. The molecular weight excluding hydrogens is 264 g/mol. The van der Waals surface area contributed by atoms with E-state index in [1.54, 1.807) is 0 Å². The van der Waals surface area contributed by atoms with Gasteiger partial charge in [-0.05, 0) is 50.4 Å². The maximum atomic E-state index is 12.1. The third kappa shape index (κ3) is 4.74. The van der Waals surface area contributed by atoms with Gasteiger partial charge in [0.25, 0.3) is 5.91 Å². The predicted molar refractivity (Wildman–Crippen MR) is 84.5 cm³/mol. The molecule has 0 radical (unpaired) electrons. The number of rotatable bonds is 6. The lowest BCUT2D eigenvalue weighted by atomic mass is 10.1. The molecular formula is C17H26N2O2. The zero-order valence-electron chi connectivity index (χ0n) is 13.1. The minimum atomic E-state index is 0.0971. The van der Waals surface area contributed by atoms with Crippen LogP contribution in [0.4, 0.5) is 0 Å². The zero-order valence-corrected chi connectivity index (χ0v) is 13.1. The molecule has 1 aliphatic rings. The number of carbonyl (C=O) groups is 1. The van der Waals surface area contributed by atoms with E-state index in [9.17, 15) is 4.79 Å². The Balaban J connectivity index is 1.87. The Bertz CT molecular complexity index is 456. The van der Waals surface area contributed by atoms with Gasteiger partial charge in [0.1, 0.15) is 5.75 Å². The summed E-state index contributed by atoms with van der Waals surface area (Å²) in [6, 6.07) is 8.26. The Labute approximate surface area is 127 Å². The first kappa shape index (κ1) is 15.8. The summed E-state index contributed by atoms with van der Waals surface area (Å²) < 4.78 is 5.67. The number of amides is 1. The Hall–Kier alpha value is -1.55. The van der Waals surface area contributed by atoms with E-state index in [1.807, 2.05) is 23.1 Å². The Morgan fingerprint density at radius 3 is 2.81 bits per heavy atom. The van der Waals surface area contributed by atoms with E-state index >= 15 is 0 Å². The molecule has 0 saturated carbocycles. The lowest BCUT2D eigenvalue weighted by Crippen LogP contribution is -2.38. The molecule has 4 heteroatoms. The largest absolute Gasteiger partial charge is 0.484 e. The molecule has 1 N–H and O–H groups in total. The number of hydrogen-bond acceptors (Lipinski definition) is 3. The van der Waals surface area contributed by atoms with Crippen LogP contribution in [0.2, 0.25) is 0 Å². The smallest absolute Gasteiger partial charge is 0.260 e. The average Bonchev–Trinajstić information content (AvgIpc) is 2.54. The first-order chi connectivity index (χ1) is 10.2. The summed E-state index contributed by atoms with van der Waals surface area (Å²) in [5, 5.41) is 3.37.